The number of carbonyl (C=O) groups excluding carboxylic acids is 2. The van der Waals surface area contributed by atoms with Crippen LogP contribution in [0.15, 0.2) is 24.3 Å². The maximum absolute atomic E-state index is 12.5. The highest BCUT2D eigenvalue weighted by Crippen LogP contribution is 2.32. The number of benzene rings is 1. The Labute approximate surface area is 149 Å². The first-order valence-electron chi connectivity index (χ1n) is 9.05. The van der Waals surface area contributed by atoms with Crippen molar-refractivity contribution in [1.29, 1.82) is 0 Å². The van der Waals surface area contributed by atoms with Gasteiger partial charge in [-0.1, -0.05) is 25.0 Å². The van der Waals surface area contributed by atoms with Crippen molar-refractivity contribution in [3.63, 3.8) is 0 Å². The van der Waals surface area contributed by atoms with E-state index < -0.39 is 6.03 Å². The Morgan fingerprint density at radius 2 is 1.96 bits per heavy atom. The SMILES string of the molecule is CCNC(=O)NC(=O)C(C)N1CCCCCC1c1ccc(OC)cc1. The number of ether oxygens (including phenoxy) is 1. The van der Waals surface area contributed by atoms with Gasteiger partial charge in [0.15, 0.2) is 0 Å². The smallest absolute Gasteiger partial charge is 0.321 e. The maximum Gasteiger partial charge on any atom is 0.321 e. The van der Waals surface area contributed by atoms with Crippen molar-refractivity contribution in [2.24, 2.45) is 0 Å². The lowest BCUT2D eigenvalue weighted by Gasteiger charge is -2.34. The standard InChI is InChI=1S/C19H29N3O3/c1-4-20-19(24)21-18(23)14(2)22-13-7-5-6-8-17(22)15-9-11-16(25-3)12-10-15/h9-12,14,17H,4-8,13H2,1-3H3,(H2,20,21,23,24). The van der Waals surface area contributed by atoms with E-state index in [2.05, 4.69) is 27.7 Å². The van der Waals surface area contributed by atoms with Crippen molar-refractivity contribution in [1.82, 2.24) is 15.5 Å². The number of nitrogens with zero attached hydrogens (tertiary/aromatic N) is 1. The number of methoxy groups -OCH3 is 1. The van der Waals surface area contributed by atoms with Crippen LogP contribution in [0, 0.1) is 0 Å². The molecule has 1 fully saturated rings. The number of carbonyl (C=O) groups is 2. The van der Waals surface area contributed by atoms with Crippen molar-refractivity contribution < 1.29 is 14.3 Å². The zero-order chi connectivity index (χ0) is 18.2. The van der Waals surface area contributed by atoms with Crippen LogP contribution in [0.1, 0.15) is 51.1 Å². The molecule has 138 valence electrons. The van der Waals surface area contributed by atoms with Crippen molar-refractivity contribution in [3.8, 4) is 5.75 Å². The number of hydrogen-bond acceptors (Lipinski definition) is 4. The minimum Gasteiger partial charge on any atom is -0.497 e. The molecule has 0 bridgehead atoms. The van der Waals surface area contributed by atoms with Gasteiger partial charge in [-0.2, -0.15) is 0 Å². The Hall–Kier alpha value is -2.08. The lowest BCUT2D eigenvalue weighted by atomic mass is 9.99. The predicted octanol–water partition coefficient (Wildman–Crippen LogP) is 2.85. The van der Waals surface area contributed by atoms with Gasteiger partial charge in [-0.05, 0) is 50.9 Å². The molecule has 6 heteroatoms. The number of amides is 3. The van der Waals surface area contributed by atoms with Crippen LogP contribution >= 0.6 is 0 Å². The lowest BCUT2D eigenvalue weighted by molar-refractivity contribution is -0.125. The number of likely N-dealkylation sites (tertiary alicyclic amines) is 1. The molecule has 2 atom stereocenters. The monoisotopic (exact) mass is 347 g/mol. The minimum absolute atomic E-state index is 0.170. The van der Waals surface area contributed by atoms with E-state index in [-0.39, 0.29) is 18.0 Å². The van der Waals surface area contributed by atoms with Gasteiger partial charge in [0, 0.05) is 12.6 Å². The van der Waals surface area contributed by atoms with Gasteiger partial charge in [0.25, 0.3) is 0 Å². The van der Waals surface area contributed by atoms with E-state index in [0.29, 0.717) is 6.54 Å². The molecule has 6 nitrogen and oxygen atoms in total. The number of rotatable bonds is 5. The summed E-state index contributed by atoms with van der Waals surface area (Å²) < 4.78 is 5.24. The largest absolute Gasteiger partial charge is 0.497 e. The fraction of sp³-hybridized carbons (Fsp3) is 0.579. The molecule has 0 radical (unpaired) electrons. The van der Waals surface area contributed by atoms with Crippen LogP contribution in [0.2, 0.25) is 0 Å². The van der Waals surface area contributed by atoms with E-state index in [0.717, 1.165) is 38.0 Å². The minimum atomic E-state index is -0.435. The fourth-order valence-corrected chi connectivity index (χ4v) is 3.35. The number of hydrogen-bond donors (Lipinski definition) is 2. The summed E-state index contributed by atoms with van der Waals surface area (Å²) in [5.74, 6) is 0.567. The van der Waals surface area contributed by atoms with E-state index >= 15 is 0 Å². The second-order valence-electron chi connectivity index (χ2n) is 6.40. The molecule has 1 aromatic rings. The van der Waals surface area contributed by atoms with Gasteiger partial charge in [-0.25, -0.2) is 4.79 Å². The fourth-order valence-electron chi connectivity index (χ4n) is 3.35. The summed E-state index contributed by atoms with van der Waals surface area (Å²) in [6.45, 7) is 5.03. The Morgan fingerprint density at radius 3 is 2.60 bits per heavy atom. The van der Waals surface area contributed by atoms with Crippen LogP contribution in [-0.2, 0) is 4.79 Å². The Kier molecular flexibility index (Phi) is 7.25. The molecule has 1 saturated heterocycles. The average molecular weight is 347 g/mol. The second kappa shape index (κ2) is 9.42. The summed E-state index contributed by atoms with van der Waals surface area (Å²) in [5.41, 5.74) is 1.18. The summed E-state index contributed by atoms with van der Waals surface area (Å²) in [6.07, 6.45) is 4.36. The van der Waals surface area contributed by atoms with Gasteiger partial charge < -0.3 is 10.1 Å². The first-order chi connectivity index (χ1) is 12.1. The Balaban J connectivity index is 2.15. The summed E-state index contributed by atoms with van der Waals surface area (Å²) >= 11 is 0. The predicted molar refractivity (Wildman–Crippen MR) is 97.6 cm³/mol. The summed E-state index contributed by atoms with van der Waals surface area (Å²) in [5, 5.41) is 5.04. The molecule has 1 aliphatic heterocycles. The van der Waals surface area contributed by atoms with E-state index in [4.69, 9.17) is 4.74 Å². The van der Waals surface area contributed by atoms with Crippen LogP contribution in [-0.4, -0.2) is 43.1 Å². The first-order valence-corrected chi connectivity index (χ1v) is 9.05. The van der Waals surface area contributed by atoms with Crippen molar-refractivity contribution in [3.05, 3.63) is 29.8 Å². The van der Waals surface area contributed by atoms with Crippen LogP contribution in [0.4, 0.5) is 4.79 Å². The van der Waals surface area contributed by atoms with Crippen molar-refractivity contribution in [2.45, 2.75) is 51.6 Å². The number of urea groups is 1. The molecule has 2 rings (SSSR count). The first kappa shape index (κ1) is 19.2. The highest BCUT2D eigenvalue weighted by Gasteiger charge is 2.30. The zero-order valence-electron chi connectivity index (χ0n) is 15.4. The molecule has 1 heterocycles. The molecular weight excluding hydrogens is 318 g/mol. The topological polar surface area (TPSA) is 70.7 Å². The third-order valence-corrected chi connectivity index (χ3v) is 4.75. The van der Waals surface area contributed by atoms with Crippen LogP contribution in [0.25, 0.3) is 0 Å². The highest BCUT2D eigenvalue weighted by molar-refractivity contribution is 5.96. The molecule has 25 heavy (non-hydrogen) atoms. The molecule has 2 N–H and O–H groups in total. The summed E-state index contributed by atoms with van der Waals surface area (Å²) in [7, 11) is 1.65. The number of imide groups is 1. The van der Waals surface area contributed by atoms with Crippen LogP contribution < -0.4 is 15.4 Å². The molecule has 0 aliphatic carbocycles. The third-order valence-electron chi connectivity index (χ3n) is 4.75. The van der Waals surface area contributed by atoms with E-state index in [1.165, 1.54) is 5.56 Å². The Bertz CT molecular complexity index is 574. The summed E-state index contributed by atoms with van der Waals surface area (Å²) in [4.78, 5) is 26.4. The van der Waals surface area contributed by atoms with Crippen LogP contribution in [0.3, 0.4) is 0 Å². The quantitative estimate of drug-likeness (QED) is 0.859. The molecule has 0 aromatic heterocycles. The van der Waals surface area contributed by atoms with Crippen LogP contribution in [0.5, 0.6) is 5.75 Å². The van der Waals surface area contributed by atoms with Gasteiger partial charge in [0.05, 0.1) is 13.2 Å². The second-order valence-corrected chi connectivity index (χ2v) is 6.40. The zero-order valence-corrected chi connectivity index (χ0v) is 15.4. The molecular formula is C19H29N3O3. The van der Waals surface area contributed by atoms with Gasteiger partial charge in [0.2, 0.25) is 5.91 Å². The number of nitrogens with one attached hydrogen (secondary N) is 2. The molecule has 0 spiro atoms. The maximum atomic E-state index is 12.5. The van der Waals surface area contributed by atoms with Gasteiger partial charge >= 0.3 is 6.03 Å². The third kappa shape index (κ3) is 5.19. The van der Waals surface area contributed by atoms with Gasteiger partial charge in [0.1, 0.15) is 5.75 Å². The van der Waals surface area contributed by atoms with E-state index in [1.807, 2.05) is 26.0 Å². The van der Waals surface area contributed by atoms with Crippen molar-refractivity contribution >= 4 is 11.9 Å². The Morgan fingerprint density at radius 1 is 1.24 bits per heavy atom. The van der Waals surface area contributed by atoms with E-state index in [1.54, 1.807) is 7.11 Å². The van der Waals surface area contributed by atoms with Crippen molar-refractivity contribution in [2.75, 3.05) is 20.2 Å². The molecule has 1 aliphatic rings. The lowest BCUT2D eigenvalue weighted by Crippen LogP contribution is -2.50. The molecule has 2 unspecified atom stereocenters. The van der Waals surface area contributed by atoms with Gasteiger partial charge in [-0.15, -0.1) is 0 Å². The molecule has 1 aromatic carbocycles. The molecule has 0 saturated carbocycles. The molecule has 3 amide bonds. The van der Waals surface area contributed by atoms with Gasteiger partial charge in [-0.3, -0.25) is 15.0 Å². The normalized spacial score (nSPS) is 19.6. The highest BCUT2D eigenvalue weighted by atomic mass is 16.5. The average Bonchev–Trinajstić information content (AvgIpc) is 2.87. The van der Waals surface area contributed by atoms with E-state index in [9.17, 15) is 9.59 Å². The summed E-state index contributed by atoms with van der Waals surface area (Å²) in [6, 6.07) is 7.41.